The zero-order valence-corrected chi connectivity index (χ0v) is 12.4. The Balaban J connectivity index is 1.60. The minimum absolute atomic E-state index is 0.531. The highest BCUT2D eigenvalue weighted by atomic mass is 16.5. The van der Waals surface area contributed by atoms with Crippen molar-refractivity contribution in [3.63, 3.8) is 0 Å². The molecule has 2 aliphatic heterocycles. The number of rotatable bonds is 7. The van der Waals surface area contributed by atoms with Gasteiger partial charge in [0, 0.05) is 31.4 Å². The first kappa shape index (κ1) is 13.8. The third kappa shape index (κ3) is 2.95. The zero-order chi connectivity index (χ0) is 13.8. The number of hydrogen-bond donors (Lipinski definition) is 0. The molecule has 2 fully saturated rings. The van der Waals surface area contributed by atoms with Crippen molar-refractivity contribution < 1.29 is 4.74 Å². The van der Waals surface area contributed by atoms with Crippen molar-refractivity contribution in [2.24, 2.45) is 5.92 Å². The molecule has 1 unspecified atom stereocenters. The maximum atomic E-state index is 5.91. The van der Waals surface area contributed by atoms with Crippen LogP contribution in [-0.4, -0.2) is 41.1 Å². The smallest absolute Gasteiger partial charge is 0.235 e. The molecule has 0 N–H and O–H groups in total. The second-order valence-corrected chi connectivity index (χ2v) is 6.07. The van der Waals surface area contributed by atoms with E-state index >= 15 is 0 Å². The zero-order valence-electron chi connectivity index (χ0n) is 12.4. The van der Waals surface area contributed by atoms with E-state index in [-0.39, 0.29) is 0 Å². The molecule has 20 heavy (non-hydrogen) atoms. The maximum absolute atomic E-state index is 5.91. The molecule has 2 saturated heterocycles. The normalized spacial score (nSPS) is 27.9. The van der Waals surface area contributed by atoms with Crippen molar-refractivity contribution in [2.45, 2.75) is 44.9 Å². The molecule has 3 heterocycles. The van der Waals surface area contributed by atoms with Gasteiger partial charge < -0.3 is 9.64 Å². The molecule has 0 saturated carbocycles. The third-order valence-electron chi connectivity index (χ3n) is 4.61. The van der Waals surface area contributed by atoms with Gasteiger partial charge in [-0.15, -0.1) is 0 Å². The number of ether oxygens (including phenoxy) is 1. The molecular formula is C16H25N3O. The predicted octanol–water partition coefficient (Wildman–Crippen LogP) is 2.85. The van der Waals surface area contributed by atoms with Crippen LogP contribution in [0, 0.1) is 5.92 Å². The Morgan fingerprint density at radius 1 is 1.20 bits per heavy atom. The number of aromatic nitrogens is 2. The topological polar surface area (TPSA) is 38.3 Å². The summed E-state index contributed by atoms with van der Waals surface area (Å²) in [6, 6.07) is 0. The molecular weight excluding hydrogens is 250 g/mol. The fourth-order valence-electron chi connectivity index (χ4n) is 3.49. The number of hydrogen-bond acceptors (Lipinski definition) is 4. The Labute approximate surface area is 121 Å². The maximum Gasteiger partial charge on any atom is 0.235 e. The van der Waals surface area contributed by atoms with E-state index in [2.05, 4.69) is 21.8 Å². The van der Waals surface area contributed by atoms with E-state index in [1.54, 1.807) is 12.4 Å². The van der Waals surface area contributed by atoms with E-state index in [4.69, 9.17) is 4.74 Å². The molecule has 0 spiro atoms. The fourth-order valence-corrected chi connectivity index (χ4v) is 3.49. The average Bonchev–Trinajstić information content (AvgIpc) is 3.10. The van der Waals surface area contributed by atoms with E-state index in [1.807, 2.05) is 0 Å². The van der Waals surface area contributed by atoms with Crippen LogP contribution < -0.4 is 4.74 Å². The lowest BCUT2D eigenvalue weighted by Gasteiger charge is -2.22. The summed E-state index contributed by atoms with van der Waals surface area (Å²) < 4.78 is 5.91. The van der Waals surface area contributed by atoms with Gasteiger partial charge in [0.2, 0.25) is 5.88 Å². The van der Waals surface area contributed by atoms with E-state index in [0.717, 1.165) is 37.1 Å². The first-order chi connectivity index (χ1) is 9.88. The van der Waals surface area contributed by atoms with Crippen LogP contribution in [0.3, 0.4) is 0 Å². The van der Waals surface area contributed by atoms with Crippen molar-refractivity contribution in [3.05, 3.63) is 18.1 Å². The second kappa shape index (κ2) is 6.53. The molecule has 4 heteroatoms. The molecule has 2 aliphatic rings. The summed E-state index contributed by atoms with van der Waals surface area (Å²) in [5.41, 5.74) is 1.09. The van der Waals surface area contributed by atoms with Crippen molar-refractivity contribution in [1.82, 2.24) is 14.9 Å². The van der Waals surface area contributed by atoms with E-state index < -0.39 is 0 Å². The number of unbranched alkanes of at least 4 members (excludes halogenated alkanes) is 3. The van der Waals surface area contributed by atoms with Crippen LogP contribution in [0.1, 0.15) is 50.6 Å². The lowest BCUT2D eigenvalue weighted by molar-refractivity contribution is 0.279. The predicted molar refractivity (Wildman–Crippen MR) is 79.0 cm³/mol. The SMILES string of the molecule is CCCCCCOc1nccnc1[C@H]1CN2CC[C@H]1C2. The van der Waals surface area contributed by atoms with Gasteiger partial charge in [0.1, 0.15) is 5.69 Å². The molecule has 0 aromatic carbocycles. The summed E-state index contributed by atoms with van der Waals surface area (Å²) in [5, 5.41) is 0. The van der Waals surface area contributed by atoms with Crippen molar-refractivity contribution in [2.75, 3.05) is 26.2 Å². The van der Waals surface area contributed by atoms with Crippen LogP contribution in [0.4, 0.5) is 0 Å². The van der Waals surface area contributed by atoms with Crippen LogP contribution in [0.25, 0.3) is 0 Å². The standard InChI is InChI=1S/C16H25N3O/c1-2-3-4-5-10-20-16-15(17-7-8-18-16)14-12-19-9-6-13(14)11-19/h7-8,13-14H,2-6,9-12H2,1H3/t13-,14-/m0/s1. The van der Waals surface area contributed by atoms with E-state index in [9.17, 15) is 0 Å². The van der Waals surface area contributed by atoms with Gasteiger partial charge in [-0.1, -0.05) is 26.2 Å². The lowest BCUT2D eigenvalue weighted by Crippen LogP contribution is -2.23. The van der Waals surface area contributed by atoms with Crippen LogP contribution in [0.5, 0.6) is 5.88 Å². The first-order valence-corrected chi connectivity index (χ1v) is 8.04. The summed E-state index contributed by atoms with van der Waals surface area (Å²) in [6.07, 6.45) is 9.76. The highest BCUT2D eigenvalue weighted by Crippen LogP contribution is 2.41. The summed E-state index contributed by atoms with van der Waals surface area (Å²) in [7, 11) is 0. The molecule has 2 bridgehead atoms. The van der Waals surface area contributed by atoms with E-state index in [0.29, 0.717) is 5.92 Å². The molecule has 0 aliphatic carbocycles. The Morgan fingerprint density at radius 3 is 2.85 bits per heavy atom. The lowest BCUT2D eigenvalue weighted by atomic mass is 9.90. The molecule has 110 valence electrons. The number of nitrogens with zero attached hydrogens (tertiary/aromatic N) is 3. The minimum Gasteiger partial charge on any atom is -0.476 e. The Kier molecular flexibility index (Phi) is 4.51. The van der Waals surface area contributed by atoms with Crippen molar-refractivity contribution in [1.29, 1.82) is 0 Å². The number of fused-ring (bicyclic) bond motifs is 2. The van der Waals surface area contributed by atoms with Gasteiger partial charge >= 0.3 is 0 Å². The molecule has 1 aromatic rings. The Bertz CT molecular complexity index is 437. The number of piperidine rings is 1. The monoisotopic (exact) mass is 275 g/mol. The highest BCUT2D eigenvalue weighted by Gasteiger charge is 2.40. The fraction of sp³-hybridized carbons (Fsp3) is 0.750. The Morgan fingerprint density at radius 2 is 2.10 bits per heavy atom. The quantitative estimate of drug-likeness (QED) is 0.717. The van der Waals surface area contributed by atoms with Crippen LogP contribution in [-0.2, 0) is 0 Å². The molecule has 1 aromatic heterocycles. The van der Waals surface area contributed by atoms with Crippen molar-refractivity contribution >= 4 is 0 Å². The Hall–Kier alpha value is -1.16. The van der Waals surface area contributed by atoms with Gasteiger partial charge in [-0.3, -0.25) is 4.98 Å². The molecule has 3 rings (SSSR count). The van der Waals surface area contributed by atoms with Crippen LogP contribution in [0.15, 0.2) is 12.4 Å². The molecule has 3 atom stereocenters. The molecule has 0 amide bonds. The van der Waals surface area contributed by atoms with Crippen molar-refractivity contribution in [3.8, 4) is 5.88 Å². The average molecular weight is 275 g/mol. The second-order valence-electron chi connectivity index (χ2n) is 6.07. The summed E-state index contributed by atoms with van der Waals surface area (Å²) in [4.78, 5) is 11.5. The molecule has 4 nitrogen and oxygen atoms in total. The van der Waals surface area contributed by atoms with Gasteiger partial charge in [-0.25, -0.2) is 4.98 Å². The van der Waals surface area contributed by atoms with Gasteiger partial charge in [-0.2, -0.15) is 0 Å². The molecule has 0 radical (unpaired) electrons. The summed E-state index contributed by atoms with van der Waals surface area (Å²) in [5.74, 6) is 2.07. The minimum atomic E-state index is 0.531. The summed E-state index contributed by atoms with van der Waals surface area (Å²) >= 11 is 0. The first-order valence-electron chi connectivity index (χ1n) is 8.04. The van der Waals surface area contributed by atoms with Crippen LogP contribution in [0.2, 0.25) is 0 Å². The van der Waals surface area contributed by atoms with Gasteiger partial charge in [0.15, 0.2) is 0 Å². The highest BCUT2D eigenvalue weighted by molar-refractivity contribution is 5.25. The van der Waals surface area contributed by atoms with E-state index in [1.165, 1.54) is 38.8 Å². The van der Waals surface area contributed by atoms with Gasteiger partial charge in [-0.05, 0) is 25.3 Å². The third-order valence-corrected chi connectivity index (χ3v) is 4.61. The van der Waals surface area contributed by atoms with Crippen LogP contribution >= 0.6 is 0 Å². The largest absolute Gasteiger partial charge is 0.476 e. The van der Waals surface area contributed by atoms with Gasteiger partial charge in [0.05, 0.1) is 6.61 Å². The summed E-state index contributed by atoms with van der Waals surface area (Å²) in [6.45, 7) is 6.63. The van der Waals surface area contributed by atoms with Gasteiger partial charge in [0.25, 0.3) is 0 Å².